The van der Waals surface area contributed by atoms with Crippen molar-refractivity contribution < 1.29 is 0 Å². The summed E-state index contributed by atoms with van der Waals surface area (Å²) in [5.74, 6) is 0. The van der Waals surface area contributed by atoms with E-state index in [1.807, 2.05) is 0 Å². The molecule has 1 saturated heterocycles. The topological polar surface area (TPSA) is 9.72 Å². The van der Waals surface area contributed by atoms with Crippen LogP contribution < -0.4 is 0 Å². The van der Waals surface area contributed by atoms with Crippen LogP contribution in [-0.4, -0.2) is 54.0 Å². The molecular formula is C51H49N3. The minimum absolute atomic E-state index is 0.947. The molecule has 54 heavy (non-hydrogen) atoms. The molecule has 0 amide bonds. The molecule has 3 heteroatoms. The molecule has 7 aromatic carbocycles. The van der Waals surface area contributed by atoms with Gasteiger partial charge in [0.25, 0.3) is 0 Å². The van der Waals surface area contributed by atoms with Crippen LogP contribution in [0.5, 0.6) is 0 Å². The first-order valence-electron chi connectivity index (χ1n) is 20.2. The molecule has 0 aromatic heterocycles. The fourth-order valence-corrected chi connectivity index (χ4v) is 9.66. The molecule has 1 fully saturated rings. The SMILES string of the molecule is C1=Cc2c(cc3ccccc3c2CN2CCN(Cc3c4c(cc5ccccc35)CCC=C4)CCN(Cc3c4ccccc4cc4ccccc34)CC2)CC1. The first-order valence-corrected chi connectivity index (χ1v) is 20.2. The molecule has 268 valence electrons. The van der Waals surface area contributed by atoms with Gasteiger partial charge in [-0.3, -0.25) is 14.7 Å². The third kappa shape index (κ3) is 6.45. The number of nitrogens with zero attached hydrogens (tertiary/aromatic N) is 3. The summed E-state index contributed by atoms with van der Waals surface area (Å²) in [7, 11) is 0. The third-order valence-corrected chi connectivity index (χ3v) is 12.5. The predicted octanol–water partition coefficient (Wildman–Crippen LogP) is 11.0. The summed E-state index contributed by atoms with van der Waals surface area (Å²) in [6.07, 6.45) is 14.1. The van der Waals surface area contributed by atoms with E-state index in [0.29, 0.717) is 0 Å². The van der Waals surface area contributed by atoms with Crippen molar-refractivity contribution in [3.8, 4) is 0 Å². The van der Waals surface area contributed by atoms with Crippen molar-refractivity contribution in [2.75, 3.05) is 39.3 Å². The monoisotopic (exact) mass is 703 g/mol. The van der Waals surface area contributed by atoms with Crippen molar-refractivity contribution in [2.24, 2.45) is 0 Å². The Morgan fingerprint density at radius 3 is 1.11 bits per heavy atom. The van der Waals surface area contributed by atoms with Crippen molar-refractivity contribution in [1.82, 2.24) is 14.7 Å². The Kier molecular flexibility index (Phi) is 9.08. The Bertz CT molecular complexity index is 2400. The van der Waals surface area contributed by atoms with Crippen LogP contribution in [0.2, 0.25) is 0 Å². The molecular weight excluding hydrogens is 655 g/mol. The van der Waals surface area contributed by atoms with Gasteiger partial charge < -0.3 is 0 Å². The van der Waals surface area contributed by atoms with Crippen LogP contribution in [0.25, 0.3) is 55.2 Å². The van der Waals surface area contributed by atoms with Crippen LogP contribution in [-0.2, 0) is 32.5 Å². The average Bonchev–Trinajstić information content (AvgIpc) is 3.31. The fraction of sp³-hybridized carbons (Fsp3) is 0.255. The van der Waals surface area contributed by atoms with E-state index in [2.05, 4.69) is 154 Å². The van der Waals surface area contributed by atoms with Crippen molar-refractivity contribution >= 4 is 55.2 Å². The lowest BCUT2D eigenvalue weighted by molar-refractivity contribution is 0.210. The van der Waals surface area contributed by atoms with Gasteiger partial charge in [-0.25, -0.2) is 0 Å². The summed E-state index contributed by atoms with van der Waals surface area (Å²) in [6.45, 7) is 9.17. The maximum atomic E-state index is 2.77. The molecule has 0 bridgehead atoms. The van der Waals surface area contributed by atoms with Crippen LogP contribution >= 0.6 is 0 Å². The Hall–Kier alpha value is -5.06. The number of hydrogen-bond acceptors (Lipinski definition) is 3. The van der Waals surface area contributed by atoms with E-state index in [-0.39, 0.29) is 0 Å². The fourth-order valence-electron chi connectivity index (χ4n) is 9.66. The third-order valence-electron chi connectivity index (χ3n) is 12.5. The van der Waals surface area contributed by atoms with Gasteiger partial charge >= 0.3 is 0 Å². The van der Waals surface area contributed by atoms with E-state index >= 15 is 0 Å². The van der Waals surface area contributed by atoms with Crippen LogP contribution in [0.15, 0.2) is 127 Å². The summed E-state index contributed by atoms with van der Waals surface area (Å²) in [4.78, 5) is 8.31. The smallest absolute Gasteiger partial charge is 0.0247 e. The molecule has 0 spiro atoms. The molecule has 3 aliphatic rings. The molecule has 0 atom stereocenters. The van der Waals surface area contributed by atoms with E-state index in [1.54, 1.807) is 0 Å². The molecule has 10 rings (SSSR count). The number of aryl methyl sites for hydroxylation is 2. The van der Waals surface area contributed by atoms with Crippen LogP contribution in [0.3, 0.4) is 0 Å². The summed E-state index contributed by atoms with van der Waals surface area (Å²) >= 11 is 0. The highest BCUT2D eigenvalue weighted by molar-refractivity contribution is 6.02. The quantitative estimate of drug-likeness (QED) is 0.160. The highest BCUT2D eigenvalue weighted by Gasteiger charge is 2.23. The Balaban J connectivity index is 1.03. The zero-order valence-electron chi connectivity index (χ0n) is 31.3. The highest BCUT2D eigenvalue weighted by atomic mass is 15.3. The van der Waals surface area contributed by atoms with E-state index < -0.39 is 0 Å². The summed E-state index contributed by atoms with van der Waals surface area (Å²) < 4.78 is 0. The molecule has 1 heterocycles. The minimum Gasteiger partial charge on any atom is -0.296 e. The average molecular weight is 704 g/mol. The van der Waals surface area contributed by atoms with Crippen LogP contribution in [0, 0.1) is 0 Å². The van der Waals surface area contributed by atoms with E-state index in [4.69, 9.17) is 0 Å². The standard InChI is InChI=1S/C51H49N3/c1-7-19-43-37(13-1)31-38-14-2-8-20-44(38)49(43)34-52-25-27-53(35-50-45-21-9-3-15-39(45)32-40-16-4-10-22-46(40)50)29-30-54(28-26-52)36-51-47-23-11-5-17-41(47)33-42-18-6-12-24-48(42)51/h1-3,5,7-15,17,19-24,31-33H,4,6,16,18,25-30,34-36H2. The van der Waals surface area contributed by atoms with Gasteiger partial charge in [-0.15, -0.1) is 0 Å². The van der Waals surface area contributed by atoms with Crippen molar-refractivity contribution in [1.29, 1.82) is 0 Å². The summed E-state index contributed by atoms with van der Waals surface area (Å²) in [5, 5.41) is 11.0. The normalized spacial score (nSPS) is 17.1. The molecule has 3 nitrogen and oxygen atoms in total. The van der Waals surface area contributed by atoms with Gasteiger partial charge in [-0.1, -0.05) is 133 Å². The lowest BCUT2D eigenvalue weighted by Gasteiger charge is -2.29. The Morgan fingerprint density at radius 2 is 0.704 bits per heavy atom. The Morgan fingerprint density at radius 1 is 0.370 bits per heavy atom. The lowest BCUT2D eigenvalue weighted by Crippen LogP contribution is -2.36. The second-order valence-corrected chi connectivity index (χ2v) is 15.8. The largest absolute Gasteiger partial charge is 0.296 e. The van der Waals surface area contributed by atoms with Crippen molar-refractivity contribution in [3.05, 3.63) is 166 Å². The predicted molar refractivity (Wildman–Crippen MR) is 230 cm³/mol. The molecule has 0 unspecified atom stereocenters. The zero-order valence-corrected chi connectivity index (χ0v) is 31.3. The molecule has 2 aliphatic carbocycles. The van der Waals surface area contributed by atoms with Crippen molar-refractivity contribution in [3.63, 3.8) is 0 Å². The first-order chi connectivity index (χ1) is 26.7. The van der Waals surface area contributed by atoms with Gasteiger partial charge in [-0.05, 0) is 114 Å². The number of hydrogen-bond donors (Lipinski definition) is 0. The van der Waals surface area contributed by atoms with E-state index in [9.17, 15) is 0 Å². The van der Waals surface area contributed by atoms with Gasteiger partial charge in [0.2, 0.25) is 0 Å². The number of benzene rings is 7. The highest BCUT2D eigenvalue weighted by Crippen LogP contribution is 2.34. The van der Waals surface area contributed by atoms with Crippen molar-refractivity contribution in [2.45, 2.75) is 45.3 Å². The molecule has 0 radical (unpaired) electrons. The number of rotatable bonds is 6. The van der Waals surface area contributed by atoms with Gasteiger partial charge in [0.15, 0.2) is 0 Å². The molecule has 1 aliphatic heterocycles. The van der Waals surface area contributed by atoms with Gasteiger partial charge in [0, 0.05) is 58.9 Å². The molecule has 0 saturated carbocycles. The second kappa shape index (κ2) is 14.6. The molecule has 0 N–H and O–H groups in total. The second-order valence-electron chi connectivity index (χ2n) is 15.8. The van der Waals surface area contributed by atoms with Gasteiger partial charge in [0.05, 0.1) is 0 Å². The van der Waals surface area contributed by atoms with E-state index in [0.717, 1.165) is 84.6 Å². The maximum Gasteiger partial charge on any atom is 0.0247 e. The van der Waals surface area contributed by atoms with Crippen LogP contribution in [0.1, 0.15) is 51.8 Å². The minimum atomic E-state index is 0.947. The first kappa shape index (κ1) is 33.5. The zero-order chi connectivity index (χ0) is 35.8. The van der Waals surface area contributed by atoms with E-state index in [1.165, 1.54) is 82.0 Å². The summed E-state index contributed by atoms with van der Waals surface area (Å²) in [5.41, 5.74) is 10.4. The van der Waals surface area contributed by atoms with Gasteiger partial charge in [-0.2, -0.15) is 0 Å². The lowest BCUT2D eigenvalue weighted by atomic mass is 9.88. The molecule has 7 aromatic rings. The van der Waals surface area contributed by atoms with Crippen LogP contribution in [0.4, 0.5) is 0 Å². The van der Waals surface area contributed by atoms with Gasteiger partial charge in [0.1, 0.15) is 0 Å². The Labute approximate surface area is 319 Å². The summed E-state index contributed by atoms with van der Waals surface area (Å²) in [6, 6.07) is 43.5. The number of fused-ring (bicyclic) bond motifs is 6. The maximum absolute atomic E-state index is 2.77. The number of allylic oxidation sites excluding steroid dienone is 2.